The van der Waals surface area contributed by atoms with E-state index in [1.54, 1.807) is 24.3 Å². The number of benzene rings is 1. The molecule has 0 aliphatic carbocycles. The maximum atomic E-state index is 12.3. The summed E-state index contributed by atoms with van der Waals surface area (Å²) in [5, 5.41) is 11.9. The van der Waals surface area contributed by atoms with Crippen LogP contribution in [0.2, 0.25) is 0 Å². The molecule has 0 saturated carbocycles. The van der Waals surface area contributed by atoms with Crippen LogP contribution in [0.15, 0.2) is 51.7 Å². The number of para-hydroxylation sites is 1. The van der Waals surface area contributed by atoms with Crippen molar-refractivity contribution in [2.75, 3.05) is 12.4 Å². The van der Waals surface area contributed by atoms with Crippen LogP contribution >= 0.6 is 0 Å². The van der Waals surface area contributed by atoms with Crippen LogP contribution in [-0.4, -0.2) is 18.0 Å². The van der Waals surface area contributed by atoms with Gasteiger partial charge in [-0.15, -0.1) is 0 Å². The van der Waals surface area contributed by atoms with Crippen molar-refractivity contribution in [3.05, 3.63) is 64.1 Å². The molecule has 1 amide bonds. The molecule has 0 unspecified atom stereocenters. The number of methoxy groups -OCH3 is 1. The minimum atomic E-state index is -0.791. The van der Waals surface area contributed by atoms with Crippen molar-refractivity contribution in [2.45, 2.75) is 0 Å². The lowest BCUT2D eigenvalue weighted by molar-refractivity contribution is 0.102. The molecule has 7 nitrogen and oxygen atoms in total. The number of ether oxygens (including phenoxy) is 1. The summed E-state index contributed by atoms with van der Waals surface area (Å²) in [6.45, 7) is 0. The Morgan fingerprint density at radius 3 is 2.83 bits per heavy atom. The Bertz CT molecular complexity index is 1030. The van der Waals surface area contributed by atoms with Crippen LogP contribution in [-0.2, 0) is 0 Å². The molecule has 2 aromatic heterocycles. The Labute approximate surface area is 136 Å². The summed E-state index contributed by atoms with van der Waals surface area (Å²) in [6.07, 6.45) is 0. The SMILES string of the molecule is COc1cccc2cc(C(=O)Nc3cccc(C#N)n3)c(=O)oc12. The van der Waals surface area contributed by atoms with Crippen LogP contribution in [0.25, 0.3) is 11.0 Å². The third-order valence-corrected chi connectivity index (χ3v) is 3.29. The van der Waals surface area contributed by atoms with E-state index in [9.17, 15) is 9.59 Å². The van der Waals surface area contributed by atoms with Crippen molar-refractivity contribution in [2.24, 2.45) is 0 Å². The van der Waals surface area contributed by atoms with Crippen LogP contribution < -0.4 is 15.7 Å². The van der Waals surface area contributed by atoms with Crippen LogP contribution in [0, 0.1) is 11.3 Å². The van der Waals surface area contributed by atoms with Crippen LogP contribution in [0.4, 0.5) is 5.82 Å². The Morgan fingerprint density at radius 1 is 1.29 bits per heavy atom. The maximum Gasteiger partial charge on any atom is 0.349 e. The number of nitriles is 1. The van der Waals surface area contributed by atoms with Gasteiger partial charge in [-0.1, -0.05) is 18.2 Å². The molecule has 3 aromatic rings. The summed E-state index contributed by atoms with van der Waals surface area (Å²) in [4.78, 5) is 28.3. The molecule has 0 fully saturated rings. The van der Waals surface area contributed by atoms with Crippen molar-refractivity contribution >= 4 is 22.7 Å². The predicted molar refractivity (Wildman–Crippen MR) is 85.9 cm³/mol. The van der Waals surface area contributed by atoms with Gasteiger partial charge in [0.1, 0.15) is 23.1 Å². The van der Waals surface area contributed by atoms with E-state index in [1.807, 2.05) is 6.07 Å². The van der Waals surface area contributed by atoms with E-state index in [0.717, 1.165) is 0 Å². The number of rotatable bonds is 3. The molecule has 0 atom stereocenters. The Morgan fingerprint density at radius 2 is 2.08 bits per heavy atom. The number of hydrogen-bond donors (Lipinski definition) is 1. The monoisotopic (exact) mass is 321 g/mol. The number of anilines is 1. The fraction of sp³-hybridized carbons (Fsp3) is 0.0588. The highest BCUT2D eigenvalue weighted by atomic mass is 16.5. The van der Waals surface area contributed by atoms with Gasteiger partial charge in [0.25, 0.3) is 5.91 Å². The highest BCUT2D eigenvalue weighted by Crippen LogP contribution is 2.24. The third kappa shape index (κ3) is 2.80. The molecule has 0 aliphatic heterocycles. The summed E-state index contributed by atoms with van der Waals surface area (Å²) < 4.78 is 10.3. The number of carbonyl (C=O) groups is 1. The summed E-state index contributed by atoms with van der Waals surface area (Å²) in [7, 11) is 1.46. The molecule has 0 saturated heterocycles. The highest BCUT2D eigenvalue weighted by Gasteiger charge is 2.16. The largest absolute Gasteiger partial charge is 0.493 e. The van der Waals surface area contributed by atoms with E-state index in [-0.39, 0.29) is 22.7 Å². The molecule has 2 heterocycles. The third-order valence-electron chi connectivity index (χ3n) is 3.29. The average molecular weight is 321 g/mol. The average Bonchev–Trinajstić information content (AvgIpc) is 2.60. The van der Waals surface area contributed by atoms with Gasteiger partial charge in [-0.25, -0.2) is 9.78 Å². The van der Waals surface area contributed by atoms with E-state index in [1.165, 1.54) is 25.3 Å². The van der Waals surface area contributed by atoms with Gasteiger partial charge in [0, 0.05) is 5.39 Å². The summed E-state index contributed by atoms with van der Waals surface area (Å²) >= 11 is 0. The number of carbonyl (C=O) groups excluding carboxylic acids is 1. The quantitative estimate of drug-likeness (QED) is 0.742. The zero-order valence-electron chi connectivity index (χ0n) is 12.6. The van der Waals surface area contributed by atoms with Gasteiger partial charge < -0.3 is 14.5 Å². The van der Waals surface area contributed by atoms with Crippen molar-refractivity contribution in [1.82, 2.24) is 4.98 Å². The second-order valence-electron chi connectivity index (χ2n) is 4.80. The number of nitrogens with zero attached hydrogens (tertiary/aromatic N) is 2. The topological polar surface area (TPSA) is 105 Å². The molecule has 118 valence electrons. The lowest BCUT2D eigenvalue weighted by Gasteiger charge is -2.06. The molecule has 1 aromatic carbocycles. The van der Waals surface area contributed by atoms with Crippen molar-refractivity contribution < 1.29 is 13.9 Å². The highest BCUT2D eigenvalue weighted by molar-refractivity contribution is 6.05. The van der Waals surface area contributed by atoms with E-state index < -0.39 is 11.5 Å². The molecule has 7 heteroatoms. The lowest BCUT2D eigenvalue weighted by atomic mass is 10.1. The standard InChI is InChI=1S/C17H11N3O4/c1-23-13-6-2-4-10-8-12(17(22)24-15(10)13)16(21)20-14-7-3-5-11(9-18)19-14/h2-8H,1H3,(H,19,20,21). The molecule has 0 bridgehead atoms. The molecular formula is C17H11N3O4. The Hall–Kier alpha value is -3.66. The Balaban J connectivity index is 1.99. The van der Waals surface area contributed by atoms with Gasteiger partial charge in [-0.05, 0) is 24.3 Å². The van der Waals surface area contributed by atoms with Crippen LogP contribution in [0.5, 0.6) is 5.75 Å². The predicted octanol–water partition coefficient (Wildman–Crippen LogP) is 2.32. The first-order valence-electron chi connectivity index (χ1n) is 6.92. The fourth-order valence-electron chi connectivity index (χ4n) is 2.19. The summed E-state index contributed by atoms with van der Waals surface area (Å²) in [5.74, 6) is -0.0970. The Kier molecular flexibility index (Phi) is 3.95. The van der Waals surface area contributed by atoms with Gasteiger partial charge >= 0.3 is 5.63 Å². The molecule has 3 rings (SSSR count). The number of fused-ring (bicyclic) bond motifs is 1. The minimum Gasteiger partial charge on any atom is -0.493 e. The zero-order chi connectivity index (χ0) is 17.1. The first-order valence-corrected chi connectivity index (χ1v) is 6.92. The number of hydrogen-bond acceptors (Lipinski definition) is 6. The van der Waals surface area contributed by atoms with Crippen molar-refractivity contribution in [3.8, 4) is 11.8 Å². The van der Waals surface area contributed by atoms with E-state index in [2.05, 4.69) is 10.3 Å². The first kappa shape index (κ1) is 15.2. The first-order chi connectivity index (χ1) is 11.6. The van der Waals surface area contributed by atoms with Gasteiger partial charge in [-0.2, -0.15) is 5.26 Å². The fourth-order valence-corrected chi connectivity index (χ4v) is 2.19. The second kappa shape index (κ2) is 6.22. The second-order valence-corrected chi connectivity index (χ2v) is 4.80. The molecule has 1 N–H and O–H groups in total. The van der Waals surface area contributed by atoms with E-state index in [4.69, 9.17) is 14.4 Å². The number of aromatic nitrogens is 1. The van der Waals surface area contributed by atoms with Crippen molar-refractivity contribution in [3.63, 3.8) is 0 Å². The summed E-state index contributed by atoms with van der Waals surface area (Å²) in [5.41, 5.74) is -0.532. The van der Waals surface area contributed by atoms with Crippen LogP contribution in [0.3, 0.4) is 0 Å². The number of nitrogens with one attached hydrogen (secondary N) is 1. The maximum absolute atomic E-state index is 12.3. The zero-order valence-corrected chi connectivity index (χ0v) is 12.6. The van der Waals surface area contributed by atoms with Gasteiger partial charge in [0.05, 0.1) is 7.11 Å². The molecule has 24 heavy (non-hydrogen) atoms. The molecule has 0 radical (unpaired) electrons. The van der Waals surface area contributed by atoms with Gasteiger partial charge in [0.2, 0.25) is 0 Å². The van der Waals surface area contributed by atoms with E-state index in [0.29, 0.717) is 11.1 Å². The lowest BCUT2D eigenvalue weighted by Crippen LogP contribution is -2.21. The normalized spacial score (nSPS) is 10.2. The van der Waals surface area contributed by atoms with Gasteiger partial charge in [0.15, 0.2) is 11.3 Å². The molecule has 0 aliphatic rings. The van der Waals surface area contributed by atoms with Gasteiger partial charge in [-0.3, -0.25) is 4.79 Å². The number of pyridine rings is 1. The van der Waals surface area contributed by atoms with Crippen molar-refractivity contribution in [1.29, 1.82) is 5.26 Å². The molecule has 0 spiro atoms. The molecular weight excluding hydrogens is 310 g/mol. The number of amides is 1. The minimum absolute atomic E-state index is 0.156. The smallest absolute Gasteiger partial charge is 0.349 e. The summed E-state index contributed by atoms with van der Waals surface area (Å²) in [6, 6.07) is 13.0. The van der Waals surface area contributed by atoms with E-state index >= 15 is 0 Å². The van der Waals surface area contributed by atoms with Crippen LogP contribution in [0.1, 0.15) is 16.1 Å².